The number of nitro groups is 1. The number of amides is 1. The first-order valence-electron chi connectivity index (χ1n) is 9.38. The fraction of sp³-hybridized carbons (Fsp3) is 0.350. The molecule has 1 unspecified atom stereocenters. The van der Waals surface area contributed by atoms with Crippen molar-refractivity contribution in [2.75, 3.05) is 36.5 Å². The Kier molecular flexibility index (Phi) is 5.44. The molecule has 0 aromatic heterocycles. The molecular weight excluding hydrogens is 398 g/mol. The van der Waals surface area contributed by atoms with Crippen LogP contribution in [0.15, 0.2) is 36.4 Å². The van der Waals surface area contributed by atoms with E-state index in [1.54, 1.807) is 12.1 Å². The van der Waals surface area contributed by atoms with Crippen LogP contribution in [0, 0.1) is 16.0 Å². The fourth-order valence-electron chi connectivity index (χ4n) is 3.69. The van der Waals surface area contributed by atoms with Gasteiger partial charge in [0.1, 0.15) is 11.4 Å². The molecule has 4 rings (SSSR count). The van der Waals surface area contributed by atoms with Gasteiger partial charge < -0.3 is 19.7 Å². The minimum atomic E-state index is -0.417. The Morgan fingerprint density at radius 2 is 2.17 bits per heavy atom. The molecule has 2 aromatic rings. The minimum Gasteiger partial charge on any atom is -0.492 e. The summed E-state index contributed by atoms with van der Waals surface area (Å²) in [6, 6.07) is 10.3. The second-order valence-electron chi connectivity index (χ2n) is 7.13. The molecule has 29 heavy (non-hydrogen) atoms. The molecule has 2 aliphatic rings. The van der Waals surface area contributed by atoms with E-state index in [4.69, 9.17) is 21.1 Å². The highest BCUT2D eigenvalue weighted by atomic mass is 35.5. The third-order valence-electron chi connectivity index (χ3n) is 5.08. The van der Waals surface area contributed by atoms with Gasteiger partial charge in [-0.2, -0.15) is 0 Å². The second-order valence-corrected chi connectivity index (χ2v) is 7.53. The lowest BCUT2D eigenvalue weighted by Crippen LogP contribution is -2.38. The molecule has 152 valence electrons. The highest BCUT2D eigenvalue weighted by Crippen LogP contribution is 2.41. The smallest absolute Gasteiger partial charge is 0.296 e. The van der Waals surface area contributed by atoms with Gasteiger partial charge >= 0.3 is 0 Å². The summed E-state index contributed by atoms with van der Waals surface area (Å²) < 4.78 is 11.2. The van der Waals surface area contributed by atoms with Gasteiger partial charge in [0.2, 0.25) is 0 Å². The van der Waals surface area contributed by atoms with E-state index in [0.717, 1.165) is 12.8 Å². The summed E-state index contributed by atoms with van der Waals surface area (Å²) in [5.74, 6) is 0.866. The number of fused-ring (bicyclic) bond motifs is 1. The third kappa shape index (κ3) is 4.22. The van der Waals surface area contributed by atoms with E-state index >= 15 is 0 Å². The van der Waals surface area contributed by atoms with Crippen LogP contribution in [0.1, 0.15) is 12.8 Å². The monoisotopic (exact) mass is 417 g/mol. The number of anilines is 2. The molecule has 0 spiro atoms. The molecular formula is C20H20ClN3O5. The number of hydrogen-bond donors (Lipinski definition) is 1. The average molecular weight is 418 g/mol. The van der Waals surface area contributed by atoms with Crippen LogP contribution in [-0.2, 0) is 4.79 Å². The summed E-state index contributed by atoms with van der Waals surface area (Å²) in [7, 11) is 0. The molecule has 2 aromatic carbocycles. The zero-order chi connectivity index (χ0) is 20.4. The normalized spacial score (nSPS) is 18.4. The summed E-state index contributed by atoms with van der Waals surface area (Å²) in [6.45, 7) is 1.63. The van der Waals surface area contributed by atoms with Crippen molar-refractivity contribution < 1.29 is 19.2 Å². The lowest BCUT2D eigenvalue weighted by atomic mass is 9.98. The van der Waals surface area contributed by atoms with Crippen LogP contribution >= 0.6 is 11.6 Å². The number of carbonyl (C=O) groups excluding carboxylic acids is 1. The van der Waals surface area contributed by atoms with E-state index in [1.165, 1.54) is 6.07 Å². The van der Waals surface area contributed by atoms with E-state index in [2.05, 4.69) is 5.32 Å². The first kappa shape index (κ1) is 19.3. The van der Waals surface area contributed by atoms with Crippen LogP contribution in [0.25, 0.3) is 0 Å². The Labute approximate surface area is 172 Å². The molecule has 0 radical (unpaired) electrons. The maximum Gasteiger partial charge on any atom is 0.296 e. The van der Waals surface area contributed by atoms with Gasteiger partial charge in [-0.25, -0.2) is 0 Å². The van der Waals surface area contributed by atoms with E-state index in [1.807, 2.05) is 23.1 Å². The lowest BCUT2D eigenvalue weighted by Gasteiger charge is -2.34. The molecule has 0 bridgehead atoms. The molecule has 2 aliphatic heterocycles. The number of nitrogens with zero attached hydrogens (tertiary/aromatic N) is 2. The standard InChI is InChI=1S/C20H20ClN3O5/c21-14-5-1-2-6-18(14)28-11-13-4-3-7-23(10-13)16-8-15-19(9-17(16)24(26)27)29-12-20(25)22-15/h1-2,5-6,8-9,13H,3-4,7,10-12H2,(H,22,25). The quantitative estimate of drug-likeness (QED) is 0.586. The van der Waals surface area contributed by atoms with Gasteiger partial charge in [-0.05, 0) is 31.0 Å². The Bertz CT molecular complexity index is 952. The first-order chi connectivity index (χ1) is 14.0. The van der Waals surface area contributed by atoms with Crippen LogP contribution in [0.4, 0.5) is 17.1 Å². The van der Waals surface area contributed by atoms with Gasteiger partial charge in [0, 0.05) is 19.0 Å². The predicted octanol–water partition coefficient (Wildman–Crippen LogP) is 3.87. The molecule has 1 atom stereocenters. The van der Waals surface area contributed by atoms with Gasteiger partial charge in [0.15, 0.2) is 12.4 Å². The largest absolute Gasteiger partial charge is 0.492 e. The summed E-state index contributed by atoms with van der Waals surface area (Å²) in [5.41, 5.74) is 0.894. The van der Waals surface area contributed by atoms with Crippen molar-refractivity contribution in [3.05, 3.63) is 51.5 Å². The SMILES string of the molecule is O=C1COc2cc([N+](=O)[O-])c(N3CCCC(COc4ccccc4Cl)C3)cc2N1. The number of piperidine rings is 1. The third-order valence-corrected chi connectivity index (χ3v) is 5.39. The Balaban J connectivity index is 1.53. The number of benzene rings is 2. The van der Waals surface area contributed by atoms with E-state index in [9.17, 15) is 14.9 Å². The number of para-hydroxylation sites is 1. The summed E-state index contributed by atoms with van der Waals surface area (Å²) in [5, 5.41) is 14.9. The van der Waals surface area contributed by atoms with Crippen molar-refractivity contribution >= 4 is 34.6 Å². The van der Waals surface area contributed by atoms with Gasteiger partial charge in [-0.3, -0.25) is 14.9 Å². The molecule has 0 aliphatic carbocycles. The number of nitro benzene ring substituents is 1. The molecule has 9 heteroatoms. The van der Waals surface area contributed by atoms with Gasteiger partial charge in [0.25, 0.3) is 11.6 Å². The molecule has 1 amide bonds. The van der Waals surface area contributed by atoms with Gasteiger partial charge in [-0.1, -0.05) is 23.7 Å². The maximum absolute atomic E-state index is 11.6. The number of hydrogen-bond acceptors (Lipinski definition) is 6. The minimum absolute atomic E-state index is 0.0347. The van der Waals surface area contributed by atoms with E-state index in [0.29, 0.717) is 47.6 Å². The Morgan fingerprint density at radius 3 is 2.97 bits per heavy atom. The number of halogens is 1. The van der Waals surface area contributed by atoms with Crippen molar-refractivity contribution in [2.45, 2.75) is 12.8 Å². The molecule has 1 N–H and O–H groups in total. The Hall–Kier alpha value is -3.00. The van der Waals surface area contributed by atoms with Gasteiger partial charge in [0.05, 0.1) is 28.3 Å². The van der Waals surface area contributed by atoms with Crippen LogP contribution in [0.5, 0.6) is 11.5 Å². The van der Waals surface area contributed by atoms with Crippen molar-refractivity contribution in [2.24, 2.45) is 5.92 Å². The zero-order valence-electron chi connectivity index (χ0n) is 15.6. The van der Waals surface area contributed by atoms with Crippen molar-refractivity contribution in [3.8, 4) is 11.5 Å². The molecule has 1 fully saturated rings. The summed E-state index contributed by atoms with van der Waals surface area (Å²) >= 11 is 6.14. The van der Waals surface area contributed by atoms with E-state index in [-0.39, 0.29) is 24.1 Å². The first-order valence-corrected chi connectivity index (χ1v) is 9.76. The molecule has 1 saturated heterocycles. The Morgan fingerprint density at radius 1 is 1.34 bits per heavy atom. The zero-order valence-corrected chi connectivity index (χ0v) is 16.4. The second kappa shape index (κ2) is 8.16. The molecule has 2 heterocycles. The predicted molar refractivity (Wildman–Crippen MR) is 109 cm³/mol. The number of ether oxygens (including phenoxy) is 2. The van der Waals surface area contributed by atoms with Crippen LogP contribution in [0.3, 0.4) is 0 Å². The van der Waals surface area contributed by atoms with Crippen molar-refractivity contribution in [1.82, 2.24) is 0 Å². The molecule has 8 nitrogen and oxygen atoms in total. The number of carbonyl (C=O) groups is 1. The summed E-state index contributed by atoms with van der Waals surface area (Å²) in [6.07, 6.45) is 1.84. The van der Waals surface area contributed by atoms with Crippen molar-refractivity contribution in [1.29, 1.82) is 0 Å². The van der Waals surface area contributed by atoms with E-state index < -0.39 is 4.92 Å². The lowest BCUT2D eigenvalue weighted by molar-refractivity contribution is -0.384. The van der Waals surface area contributed by atoms with Crippen molar-refractivity contribution in [3.63, 3.8) is 0 Å². The number of nitrogens with one attached hydrogen (secondary N) is 1. The van der Waals surface area contributed by atoms with Crippen LogP contribution < -0.4 is 19.7 Å². The molecule has 0 saturated carbocycles. The van der Waals surface area contributed by atoms with Gasteiger partial charge in [-0.15, -0.1) is 0 Å². The highest BCUT2D eigenvalue weighted by Gasteiger charge is 2.29. The topological polar surface area (TPSA) is 93.9 Å². The number of rotatable bonds is 5. The fourth-order valence-corrected chi connectivity index (χ4v) is 3.88. The van der Waals surface area contributed by atoms with Crippen LogP contribution in [0.2, 0.25) is 5.02 Å². The van der Waals surface area contributed by atoms with Crippen LogP contribution in [-0.4, -0.2) is 37.1 Å². The maximum atomic E-state index is 11.6. The highest BCUT2D eigenvalue weighted by molar-refractivity contribution is 6.32. The average Bonchev–Trinajstić information content (AvgIpc) is 2.72. The summed E-state index contributed by atoms with van der Waals surface area (Å²) in [4.78, 5) is 24.8.